The number of benzene rings is 3. The summed E-state index contributed by atoms with van der Waals surface area (Å²) in [6, 6.07) is 20.6. The topological polar surface area (TPSA) is 74.8 Å². The minimum Gasteiger partial charge on any atom is -0.322 e. The summed E-state index contributed by atoms with van der Waals surface area (Å²) in [6.07, 6.45) is 0. The van der Waals surface area contributed by atoms with Crippen LogP contribution in [0.4, 0.5) is 5.69 Å². The van der Waals surface area contributed by atoms with E-state index in [-0.39, 0.29) is 11.5 Å². The minimum atomic E-state index is -0.162. The van der Waals surface area contributed by atoms with Gasteiger partial charge in [0.25, 0.3) is 11.5 Å². The molecule has 0 aliphatic rings. The van der Waals surface area contributed by atoms with Gasteiger partial charge in [-0.05, 0) is 73.5 Å². The van der Waals surface area contributed by atoms with Gasteiger partial charge in [-0.1, -0.05) is 18.2 Å². The number of anilines is 1. The second-order valence-electron chi connectivity index (χ2n) is 7.10. The van der Waals surface area contributed by atoms with Crippen LogP contribution in [-0.2, 0) is 5.75 Å². The fourth-order valence-corrected chi connectivity index (χ4v) is 3.89. The van der Waals surface area contributed by atoms with E-state index in [1.807, 2.05) is 68.4 Å². The average Bonchev–Trinajstić information content (AvgIpc) is 2.75. The number of hydrogen-bond acceptors (Lipinski definition) is 4. The minimum absolute atomic E-state index is 0.145. The van der Waals surface area contributed by atoms with Gasteiger partial charge in [-0.2, -0.15) is 0 Å². The highest BCUT2D eigenvalue weighted by atomic mass is 32.2. The highest BCUT2D eigenvalue weighted by molar-refractivity contribution is 7.98. The number of aromatic nitrogens is 2. The van der Waals surface area contributed by atoms with Gasteiger partial charge in [0.15, 0.2) is 0 Å². The number of nitrogens with one attached hydrogen (secondary N) is 2. The maximum Gasteiger partial charge on any atom is 0.271 e. The van der Waals surface area contributed by atoms with Gasteiger partial charge in [0.1, 0.15) is 5.69 Å². The van der Waals surface area contributed by atoms with E-state index in [1.54, 1.807) is 12.1 Å². The first-order valence-corrected chi connectivity index (χ1v) is 10.6. The number of thioether (sulfide) groups is 1. The molecule has 0 aliphatic heterocycles. The van der Waals surface area contributed by atoms with Crippen LogP contribution in [0.25, 0.3) is 11.0 Å². The van der Waals surface area contributed by atoms with Crippen LogP contribution in [0.1, 0.15) is 27.2 Å². The van der Waals surface area contributed by atoms with Crippen LogP contribution in [-0.4, -0.2) is 15.9 Å². The Bertz CT molecular complexity index is 1270. The Labute approximate surface area is 178 Å². The molecule has 5 nitrogen and oxygen atoms in total. The number of nitrogens with zero attached hydrogens (tertiary/aromatic N) is 1. The van der Waals surface area contributed by atoms with E-state index in [4.69, 9.17) is 0 Å². The summed E-state index contributed by atoms with van der Waals surface area (Å²) >= 11 is 1.53. The zero-order valence-electron chi connectivity index (χ0n) is 16.7. The lowest BCUT2D eigenvalue weighted by molar-refractivity contribution is 0.102. The third-order valence-corrected chi connectivity index (χ3v) is 5.92. The average molecular weight is 416 g/mol. The lowest BCUT2D eigenvalue weighted by Crippen LogP contribution is -2.14. The van der Waals surface area contributed by atoms with Crippen molar-refractivity contribution in [3.05, 3.63) is 99.5 Å². The standard InChI is InChI=1S/C24H21N3O2S/c1-15-12-20-21(13-16(15)2)27-24(29)22(26-20)14-30-19-10-8-18(9-11-19)25-23(28)17-6-4-3-5-7-17/h3-13H,14H2,1-2H3,(H,25,28)(H,27,29). The van der Waals surface area contributed by atoms with Crippen molar-refractivity contribution < 1.29 is 4.79 Å². The van der Waals surface area contributed by atoms with Crippen LogP contribution < -0.4 is 10.9 Å². The molecule has 6 heteroatoms. The van der Waals surface area contributed by atoms with Gasteiger partial charge in [-0.3, -0.25) is 9.59 Å². The second kappa shape index (κ2) is 8.55. The molecule has 0 unspecified atom stereocenters. The Hall–Kier alpha value is -3.38. The van der Waals surface area contributed by atoms with Gasteiger partial charge in [-0.25, -0.2) is 4.98 Å². The molecule has 0 fully saturated rings. The van der Waals surface area contributed by atoms with Gasteiger partial charge in [0, 0.05) is 21.9 Å². The molecule has 0 saturated carbocycles. The normalized spacial score (nSPS) is 10.9. The van der Waals surface area contributed by atoms with Gasteiger partial charge < -0.3 is 10.3 Å². The predicted octanol–water partition coefficient (Wildman–Crippen LogP) is 5.08. The van der Waals surface area contributed by atoms with Crippen molar-refractivity contribution in [1.82, 2.24) is 9.97 Å². The van der Waals surface area contributed by atoms with Crippen LogP contribution in [0.2, 0.25) is 0 Å². The molecule has 1 amide bonds. The van der Waals surface area contributed by atoms with Crippen LogP contribution in [0.3, 0.4) is 0 Å². The molecule has 4 rings (SSSR count). The molecular formula is C24H21N3O2S. The van der Waals surface area contributed by atoms with Gasteiger partial charge in [0.05, 0.1) is 11.0 Å². The van der Waals surface area contributed by atoms with E-state index in [9.17, 15) is 9.59 Å². The summed E-state index contributed by atoms with van der Waals surface area (Å²) in [5.41, 5.74) is 5.50. The van der Waals surface area contributed by atoms with E-state index in [0.29, 0.717) is 17.0 Å². The number of carbonyl (C=O) groups is 1. The SMILES string of the molecule is Cc1cc2nc(CSc3ccc(NC(=O)c4ccccc4)cc3)c(=O)[nH]c2cc1C. The molecule has 1 aromatic heterocycles. The Morgan fingerprint density at radius 3 is 2.43 bits per heavy atom. The molecule has 0 spiro atoms. The van der Waals surface area contributed by atoms with Gasteiger partial charge >= 0.3 is 0 Å². The van der Waals surface area contributed by atoms with Crippen LogP contribution in [0.15, 0.2) is 76.4 Å². The number of fused-ring (bicyclic) bond motifs is 1. The number of rotatable bonds is 5. The number of H-pyrrole nitrogens is 1. The van der Waals surface area contributed by atoms with E-state index in [1.165, 1.54) is 11.8 Å². The summed E-state index contributed by atoms with van der Waals surface area (Å²) in [4.78, 5) is 33.1. The summed E-state index contributed by atoms with van der Waals surface area (Å²) in [5, 5.41) is 2.88. The maximum absolute atomic E-state index is 12.4. The van der Waals surface area contributed by atoms with Crippen LogP contribution >= 0.6 is 11.8 Å². The molecule has 150 valence electrons. The van der Waals surface area contributed by atoms with Crippen molar-refractivity contribution in [3.8, 4) is 0 Å². The van der Waals surface area contributed by atoms with Gasteiger partial charge in [0.2, 0.25) is 0 Å². The number of amides is 1. The van der Waals surface area contributed by atoms with Crippen molar-refractivity contribution in [2.24, 2.45) is 0 Å². The summed E-state index contributed by atoms with van der Waals surface area (Å²) in [5.74, 6) is 0.321. The lowest BCUT2D eigenvalue weighted by atomic mass is 10.1. The molecule has 0 radical (unpaired) electrons. The number of aryl methyl sites for hydroxylation is 2. The van der Waals surface area contributed by atoms with Crippen LogP contribution in [0, 0.1) is 13.8 Å². The largest absolute Gasteiger partial charge is 0.322 e. The van der Waals surface area contributed by atoms with E-state index >= 15 is 0 Å². The molecule has 2 N–H and O–H groups in total. The smallest absolute Gasteiger partial charge is 0.271 e. The quantitative estimate of drug-likeness (QED) is 0.446. The first kappa shape index (κ1) is 19.9. The zero-order valence-corrected chi connectivity index (χ0v) is 17.5. The van der Waals surface area contributed by atoms with E-state index in [0.717, 1.165) is 32.7 Å². The van der Waals surface area contributed by atoms with Crippen molar-refractivity contribution >= 4 is 34.4 Å². The molecule has 3 aromatic carbocycles. The number of hydrogen-bond donors (Lipinski definition) is 2. The highest BCUT2D eigenvalue weighted by Crippen LogP contribution is 2.24. The first-order chi connectivity index (χ1) is 14.5. The summed E-state index contributed by atoms with van der Waals surface area (Å²) < 4.78 is 0. The van der Waals surface area contributed by atoms with Crippen molar-refractivity contribution in [1.29, 1.82) is 0 Å². The molecular weight excluding hydrogens is 394 g/mol. The van der Waals surface area contributed by atoms with Crippen molar-refractivity contribution in [3.63, 3.8) is 0 Å². The number of aromatic amines is 1. The highest BCUT2D eigenvalue weighted by Gasteiger charge is 2.08. The van der Waals surface area contributed by atoms with Gasteiger partial charge in [-0.15, -0.1) is 11.8 Å². The Balaban J connectivity index is 1.44. The Kier molecular flexibility index (Phi) is 5.68. The monoisotopic (exact) mass is 415 g/mol. The third kappa shape index (κ3) is 4.44. The van der Waals surface area contributed by atoms with Crippen molar-refractivity contribution in [2.45, 2.75) is 24.5 Å². The maximum atomic E-state index is 12.4. The lowest BCUT2D eigenvalue weighted by Gasteiger charge is -2.07. The molecule has 0 aliphatic carbocycles. The zero-order chi connectivity index (χ0) is 21.1. The molecule has 30 heavy (non-hydrogen) atoms. The first-order valence-electron chi connectivity index (χ1n) is 9.59. The fourth-order valence-electron chi connectivity index (χ4n) is 3.06. The molecule has 1 heterocycles. The molecule has 0 atom stereocenters. The van der Waals surface area contributed by atoms with E-state index < -0.39 is 0 Å². The number of carbonyl (C=O) groups excluding carboxylic acids is 1. The van der Waals surface area contributed by atoms with Crippen LogP contribution in [0.5, 0.6) is 0 Å². The Morgan fingerprint density at radius 2 is 1.70 bits per heavy atom. The molecule has 0 saturated heterocycles. The summed E-state index contributed by atoms with van der Waals surface area (Å²) in [6.45, 7) is 4.05. The predicted molar refractivity (Wildman–Crippen MR) is 122 cm³/mol. The molecule has 4 aromatic rings. The fraction of sp³-hybridized carbons (Fsp3) is 0.125. The third-order valence-electron chi connectivity index (χ3n) is 4.90. The second-order valence-corrected chi connectivity index (χ2v) is 8.15. The summed E-state index contributed by atoms with van der Waals surface area (Å²) in [7, 11) is 0. The Morgan fingerprint density at radius 1 is 1.00 bits per heavy atom. The van der Waals surface area contributed by atoms with Crippen molar-refractivity contribution in [2.75, 3.05) is 5.32 Å². The molecule has 0 bridgehead atoms. The van der Waals surface area contributed by atoms with E-state index in [2.05, 4.69) is 15.3 Å².